The molecular formula is C20H18N4O2S. The highest BCUT2D eigenvalue weighted by molar-refractivity contribution is 7.99. The van der Waals surface area contributed by atoms with Crippen molar-refractivity contribution in [3.05, 3.63) is 66.5 Å². The summed E-state index contributed by atoms with van der Waals surface area (Å²) in [7, 11) is 1.63. The molecule has 0 aliphatic rings. The monoisotopic (exact) mass is 378 g/mol. The maximum absolute atomic E-state index is 12.2. The Hall–Kier alpha value is -3.24. The highest BCUT2D eigenvalue weighted by Crippen LogP contribution is 2.22. The van der Waals surface area contributed by atoms with Crippen LogP contribution in [0.3, 0.4) is 0 Å². The fraction of sp³-hybridized carbons (Fsp3) is 0.150. The van der Waals surface area contributed by atoms with Gasteiger partial charge in [-0.25, -0.2) is 4.98 Å². The predicted octanol–water partition coefficient (Wildman–Crippen LogP) is 3.68. The summed E-state index contributed by atoms with van der Waals surface area (Å²) in [5, 5.41) is 12.3. The van der Waals surface area contributed by atoms with Crippen LogP contribution >= 0.6 is 11.8 Å². The van der Waals surface area contributed by atoms with Crippen LogP contribution in [-0.4, -0.2) is 28.3 Å². The molecule has 2 aromatic carbocycles. The summed E-state index contributed by atoms with van der Waals surface area (Å²) in [6.45, 7) is 0. The molecule has 0 saturated carbocycles. The Labute approximate surface area is 161 Å². The summed E-state index contributed by atoms with van der Waals surface area (Å²) in [5.41, 5.74) is 2.58. The van der Waals surface area contributed by atoms with Crippen LogP contribution < -0.4 is 10.1 Å². The van der Waals surface area contributed by atoms with Crippen molar-refractivity contribution in [1.82, 2.24) is 9.55 Å². The Morgan fingerprint density at radius 3 is 2.63 bits per heavy atom. The number of aromatic nitrogens is 2. The number of carbonyl (C=O) groups is 1. The number of hydrogen-bond acceptors (Lipinski definition) is 5. The third-order valence-corrected chi connectivity index (χ3v) is 4.78. The van der Waals surface area contributed by atoms with Crippen LogP contribution in [0.1, 0.15) is 5.56 Å². The first kappa shape index (κ1) is 18.5. The van der Waals surface area contributed by atoms with Gasteiger partial charge >= 0.3 is 0 Å². The second-order valence-corrected chi connectivity index (χ2v) is 6.59. The van der Waals surface area contributed by atoms with E-state index < -0.39 is 0 Å². The highest BCUT2D eigenvalue weighted by atomic mass is 32.2. The first-order valence-corrected chi connectivity index (χ1v) is 9.24. The van der Waals surface area contributed by atoms with Gasteiger partial charge in [0.25, 0.3) is 0 Å². The number of nitrogens with one attached hydrogen (secondary N) is 1. The molecule has 0 radical (unpaired) electrons. The van der Waals surface area contributed by atoms with Crippen LogP contribution in [0.5, 0.6) is 5.75 Å². The lowest BCUT2D eigenvalue weighted by molar-refractivity contribution is -0.113. The molecule has 0 bridgehead atoms. The Kier molecular flexibility index (Phi) is 6.13. The van der Waals surface area contributed by atoms with Crippen molar-refractivity contribution in [2.24, 2.45) is 0 Å². The first-order valence-electron chi connectivity index (χ1n) is 8.26. The number of imidazole rings is 1. The van der Waals surface area contributed by atoms with Crippen molar-refractivity contribution in [3.63, 3.8) is 0 Å². The Morgan fingerprint density at radius 2 is 1.96 bits per heavy atom. The topological polar surface area (TPSA) is 79.9 Å². The van der Waals surface area contributed by atoms with Gasteiger partial charge in [0, 0.05) is 23.8 Å². The molecule has 0 unspecified atom stereocenters. The molecule has 0 fully saturated rings. The molecule has 0 atom stereocenters. The van der Waals surface area contributed by atoms with Gasteiger partial charge in [-0.2, -0.15) is 5.26 Å². The normalized spacial score (nSPS) is 10.2. The summed E-state index contributed by atoms with van der Waals surface area (Å²) >= 11 is 1.36. The summed E-state index contributed by atoms with van der Waals surface area (Å²) in [6.07, 6.45) is 3.92. The quantitative estimate of drug-likeness (QED) is 0.635. The summed E-state index contributed by atoms with van der Waals surface area (Å²) in [6, 6.07) is 17.0. The Balaban J connectivity index is 1.59. The van der Waals surface area contributed by atoms with Crippen LogP contribution in [-0.2, 0) is 11.2 Å². The van der Waals surface area contributed by atoms with Gasteiger partial charge in [0.1, 0.15) is 5.75 Å². The van der Waals surface area contributed by atoms with Gasteiger partial charge in [-0.1, -0.05) is 23.9 Å². The number of hydrogen-bond donors (Lipinski definition) is 1. The molecule has 27 heavy (non-hydrogen) atoms. The maximum Gasteiger partial charge on any atom is 0.234 e. The van der Waals surface area contributed by atoms with E-state index in [1.807, 2.05) is 47.2 Å². The fourth-order valence-electron chi connectivity index (χ4n) is 2.46. The molecule has 6 nitrogen and oxygen atoms in total. The van der Waals surface area contributed by atoms with Crippen molar-refractivity contribution in [2.45, 2.75) is 11.6 Å². The van der Waals surface area contributed by atoms with Crippen molar-refractivity contribution in [2.75, 3.05) is 18.2 Å². The zero-order chi connectivity index (χ0) is 19.1. The molecule has 3 aromatic rings. The number of thioether (sulfide) groups is 1. The van der Waals surface area contributed by atoms with E-state index in [0.717, 1.165) is 22.2 Å². The molecule has 3 rings (SSSR count). The number of nitrogens with zero attached hydrogens (tertiary/aromatic N) is 3. The SMILES string of the molecule is COc1ccc(-n2ccnc2SCC(=O)Nc2ccc(CC#N)cc2)cc1. The Morgan fingerprint density at radius 1 is 1.22 bits per heavy atom. The van der Waals surface area contributed by atoms with Gasteiger partial charge in [-0.3, -0.25) is 9.36 Å². The smallest absolute Gasteiger partial charge is 0.234 e. The number of carbonyl (C=O) groups excluding carboxylic acids is 1. The maximum atomic E-state index is 12.2. The van der Waals surface area contributed by atoms with Gasteiger partial charge in [0.05, 0.1) is 25.4 Å². The second-order valence-electron chi connectivity index (χ2n) is 5.65. The molecule has 1 amide bonds. The zero-order valence-corrected chi connectivity index (χ0v) is 15.6. The van der Waals surface area contributed by atoms with Gasteiger partial charge in [0.2, 0.25) is 5.91 Å². The van der Waals surface area contributed by atoms with E-state index in [2.05, 4.69) is 16.4 Å². The summed E-state index contributed by atoms with van der Waals surface area (Å²) in [4.78, 5) is 16.5. The molecule has 1 aromatic heterocycles. The number of rotatable bonds is 7. The van der Waals surface area contributed by atoms with Crippen LogP contribution in [0, 0.1) is 11.3 Å². The third kappa shape index (κ3) is 4.90. The van der Waals surface area contributed by atoms with Gasteiger partial charge in [-0.05, 0) is 42.0 Å². The number of amides is 1. The van der Waals surface area contributed by atoms with Crippen LogP contribution in [0.15, 0.2) is 66.1 Å². The molecule has 1 heterocycles. The highest BCUT2D eigenvalue weighted by Gasteiger charge is 2.10. The minimum Gasteiger partial charge on any atom is -0.497 e. The molecular weight excluding hydrogens is 360 g/mol. The van der Waals surface area contributed by atoms with E-state index in [4.69, 9.17) is 10.00 Å². The lowest BCUT2D eigenvalue weighted by atomic mass is 10.1. The third-order valence-electron chi connectivity index (χ3n) is 3.81. The number of nitriles is 1. The Bertz CT molecular complexity index is 943. The summed E-state index contributed by atoms with van der Waals surface area (Å²) < 4.78 is 7.10. The van der Waals surface area contributed by atoms with Crippen molar-refractivity contribution in [3.8, 4) is 17.5 Å². The predicted molar refractivity (Wildman–Crippen MR) is 105 cm³/mol. The summed E-state index contributed by atoms with van der Waals surface area (Å²) in [5.74, 6) is 0.915. The average Bonchev–Trinajstić information content (AvgIpc) is 3.17. The van der Waals surface area contributed by atoms with Crippen molar-refractivity contribution >= 4 is 23.4 Å². The minimum absolute atomic E-state index is 0.114. The molecule has 0 saturated heterocycles. The van der Waals surface area contributed by atoms with Gasteiger partial charge in [-0.15, -0.1) is 0 Å². The largest absolute Gasteiger partial charge is 0.497 e. The lowest BCUT2D eigenvalue weighted by Gasteiger charge is -2.09. The number of anilines is 1. The van der Waals surface area contributed by atoms with E-state index in [1.165, 1.54) is 11.8 Å². The molecule has 136 valence electrons. The number of methoxy groups -OCH3 is 1. The molecule has 1 N–H and O–H groups in total. The zero-order valence-electron chi connectivity index (χ0n) is 14.8. The van der Waals surface area contributed by atoms with Gasteiger partial charge in [0.15, 0.2) is 5.16 Å². The lowest BCUT2D eigenvalue weighted by Crippen LogP contribution is -2.14. The molecule has 0 aliphatic heterocycles. The fourth-order valence-corrected chi connectivity index (χ4v) is 3.23. The molecule has 7 heteroatoms. The van der Waals surface area contributed by atoms with Gasteiger partial charge < -0.3 is 10.1 Å². The number of ether oxygens (including phenoxy) is 1. The van der Waals surface area contributed by atoms with Crippen LogP contribution in [0.2, 0.25) is 0 Å². The van der Waals surface area contributed by atoms with E-state index in [9.17, 15) is 4.79 Å². The average molecular weight is 378 g/mol. The molecule has 0 spiro atoms. The van der Waals surface area contributed by atoms with Crippen LogP contribution in [0.4, 0.5) is 5.69 Å². The first-order chi connectivity index (χ1) is 13.2. The van der Waals surface area contributed by atoms with E-state index in [1.54, 1.807) is 25.4 Å². The van der Waals surface area contributed by atoms with Crippen molar-refractivity contribution < 1.29 is 9.53 Å². The number of benzene rings is 2. The standard InChI is InChI=1S/C20H18N4O2S/c1-26-18-8-6-17(7-9-18)24-13-12-22-20(24)27-14-19(25)23-16-4-2-15(3-5-16)10-11-21/h2-9,12-13H,10,14H2,1H3,(H,23,25). The van der Waals surface area contributed by atoms with E-state index in [0.29, 0.717) is 12.1 Å². The second kappa shape index (κ2) is 8.92. The van der Waals surface area contributed by atoms with E-state index >= 15 is 0 Å². The van der Waals surface area contributed by atoms with Crippen LogP contribution in [0.25, 0.3) is 5.69 Å². The molecule has 0 aliphatic carbocycles. The van der Waals surface area contributed by atoms with Crippen molar-refractivity contribution in [1.29, 1.82) is 5.26 Å². The van der Waals surface area contributed by atoms with E-state index in [-0.39, 0.29) is 11.7 Å². The minimum atomic E-state index is -0.114.